The van der Waals surface area contributed by atoms with Crippen LogP contribution in [0.3, 0.4) is 0 Å². The first-order valence-electron chi connectivity index (χ1n) is 7.28. The maximum absolute atomic E-state index is 13.0. The number of thiophene rings is 1. The molecule has 0 bridgehead atoms. The molecule has 0 aliphatic heterocycles. The third-order valence-electron chi connectivity index (χ3n) is 4.11. The molecule has 0 aliphatic carbocycles. The molecule has 0 amide bonds. The Kier molecular flexibility index (Phi) is 4.53. The molecule has 0 radical (unpaired) electrons. The van der Waals surface area contributed by atoms with E-state index in [1.807, 2.05) is 0 Å². The predicted molar refractivity (Wildman–Crippen MR) is 98.5 cm³/mol. The smallest absolute Gasteiger partial charge is 0.310 e. The second-order valence-corrected chi connectivity index (χ2v) is 7.75. The van der Waals surface area contributed by atoms with Gasteiger partial charge in [-0.15, -0.1) is 11.3 Å². The van der Waals surface area contributed by atoms with Crippen LogP contribution in [0.15, 0.2) is 24.3 Å². The van der Waals surface area contributed by atoms with Gasteiger partial charge in [0.25, 0.3) is 5.91 Å². The van der Waals surface area contributed by atoms with Gasteiger partial charge in [0.1, 0.15) is 5.75 Å². The van der Waals surface area contributed by atoms with E-state index in [2.05, 4.69) is 0 Å². The van der Waals surface area contributed by atoms with Crippen LogP contribution in [0.4, 0.5) is 0 Å². The third kappa shape index (κ3) is 2.90. The number of halogens is 2. The number of aliphatic carboxylic acids is 1. The van der Waals surface area contributed by atoms with Crippen molar-refractivity contribution in [3.63, 3.8) is 0 Å². The van der Waals surface area contributed by atoms with Gasteiger partial charge in [-0.25, -0.2) is 0 Å². The molecule has 130 valence electrons. The number of carbonyl (C=O) groups excluding carboxylic acids is 1. The highest BCUT2D eigenvalue weighted by Gasteiger charge is 2.27. The molecule has 0 saturated heterocycles. The van der Waals surface area contributed by atoms with E-state index >= 15 is 0 Å². The summed E-state index contributed by atoms with van der Waals surface area (Å²) < 4.78 is 1.89. The van der Waals surface area contributed by atoms with Crippen LogP contribution in [0, 0.1) is 6.92 Å². The molecule has 3 rings (SSSR count). The van der Waals surface area contributed by atoms with Gasteiger partial charge in [0.2, 0.25) is 0 Å². The van der Waals surface area contributed by atoms with Crippen molar-refractivity contribution in [1.29, 1.82) is 0 Å². The molecule has 2 aromatic heterocycles. The molecule has 1 atom stereocenters. The molecular weight excluding hydrogens is 385 g/mol. The lowest BCUT2D eigenvalue weighted by Crippen LogP contribution is -2.14. The fourth-order valence-corrected chi connectivity index (χ4v) is 4.05. The fourth-order valence-electron chi connectivity index (χ4n) is 2.92. The normalized spacial score (nSPS) is 12.5. The van der Waals surface area contributed by atoms with Gasteiger partial charge in [-0.1, -0.05) is 23.2 Å². The third-order valence-corrected chi connectivity index (χ3v) is 5.63. The summed E-state index contributed by atoms with van der Waals surface area (Å²) in [5, 5.41) is 19.9. The number of nitrogens with zero attached hydrogens (tertiary/aromatic N) is 1. The monoisotopic (exact) mass is 397 g/mol. The van der Waals surface area contributed by atoms with Crippen molar-refractivity contribution in [2.45, 2.75) is 19.8 Å². The summed E-state index contributed by atoms with van der Waals surface area (Å²) in [5.41, 5.74) is 1.39. The molecule has 25 heavy (non-hydrogen) atoms. The lowest BCUT2D eigenvalue weighted by molar-refractivity contribution is -0.138. The number of fused-ring (bicyclic) bond motifs is 1. The average Bonchev–Trinajstić information content (AvgIpc) is 3.08. The predicted octanol–water partition coefficient (Wildman–Crippen LogP) is 4.90. The Morgan fingerprint density at radius 3 is 2.48 bits per heavy atom. The first-order chi connectivity index (χ1) is 11.7. The largest absolute Gasteiger partial charge is 0.506 e. The molecule has 5 nitrogen and oxygen atoms in total. The summed E-state index contributed by atoms with van der Waals surface area (Å²) in [6.45, 7) is 3.21. The molecule has 3 aromatic rings. The Labute approximate surface area is 157 Å². The minimum Gasteiger partial charge on any atom is -0.506 e. The lowest BCUT2D eigenvalue weighted by atomic mass is 9.98. The van der Waals surface area contributed by atoms with E-state index in [1.165, 1.54) is 23.6 Å². The van der Waals surface area contributed by atoms with Gasteiger partial charge in [-0.05, 0) is 43.7 Å². The van der Waals surface area contributed by atoms with Gasteiger partial charge in [-0.3, -0.25) is 14.2 Å². The Balaban J connectivity index is 2.35. The summed E-state index contributed by atoms with van der Waals surface area (Å²) in [6, 6.07) is 6.10. The zero-order chi connectivity index (χ0) is 18.5. The first-order valence-corrected chi connectivity index (χ1v) is 8.86. The SMILES string of the molecule is Cc1c(C(C)C(=O)O)c2cc(O)c(Cl)cc2n1C(=O)c1ccc(Cl)s1. The van der Waals surface area contributed by atoms with E-state index in [0.29, 0.717) is 31.4 Å². The van der Waals surface area contributed by atoms with Gasteiger partial charge < -0.3 is 10.2 Å². The van der Waals surface area contributed by atoms with E-state index in [-0.39, 0.29) is 16.7 Å². The van der Waals surface area contributed by atoms with Crippen LogP contribution in [0.2, 0.25) is 9.36 Å². The van der Waals surface area contributed by atoms with Crippen molar-refractivity contribution in [3.05, 3.63) is 49.8 Å². The van der Waals surface area contributed by atoms with E-state index in [0.717, 1.165) is 11.3 Å². The number of carbonyl (C=O) groups is 2. The van der Waals surface area contributed by atoms with Crippen LogP contribution in [0.1, 0.15) is 33.8 Å². The van der Waals surface area contributed by atoms with Gasteiger partial charge in [-0.2, -0.15) is 0 Å². The number of phenolic OH excluding ortho intramolecular Hbond substituents is 1. The second kappa shape index (κ2) is 6.37. The summed E-state index contributed by atoms with van der Waals surface area (Å²) in [5.74, 6) is -2.38. The van der Waals surface area contributed by atoms with E-state index < -0.39 is 11.9 Å². The maximum Gasteiger partial charge on any atom is 0.310 e. The number of phenols is 1. The molecule has 2 N–H and O–H groups in total. The highest BCUT2D eigenvalue weighted by Crippen LogP contribution is 2.38. The summed E-state index contributed by atoms with van der Waals surface area (Å²) >= 11 is 13.1. The van der Waals surface area contributed by atoms with Crippen molar-refractivity contribution < 1.29 is 19.8 Å². The highest BCUT2D eigenvalue weighted by molar-refractivity contribution is 7.18. The van der Waals surface area contributed by atoms with Crippen LogP contribution >= 0.6 is 34.5 Å². The number of benzene rings is 1. The van der Waals surface area contributed by atoms with E-state index in [9.17, 15) is 19.8 Å². The van der Waals surface area contributed by atoms with Crippen molar-refractivity contribution in [1.82, 2.24) is 4.57 Å². The molecule has 0 fully saturated rings. The van der Waals surface area contributed by atoms with Gasteiger partial charge in [0.15, 0.2) is 0 Å². The Morgan fingerprint density at radius 1 is 1.24 bits per heavy atom. The first kappa shape index (κ1) is 17.8. The van der Waals surface area contributed by atoms with Crippen molar-refractivity contribution in [2.24, 2.45) is 0 Å². The number of rotatable bonds is 3. The lowest BCUT2D eigenvalue weighted by Gasteiger charge is -2.08. The Bertz CT molecular complexity index is 1020. The number of hydrogen-bond donors (Lipinski definition) is 2. The van der Waals surface area contributed by atoms with Crippen LogP contribution in [-0.2, 0) is 4.79 Å². The topological polar surface area (TPSA) is 79.5 Å². The minimum atomic E-state index is -1.02. The zero-order valence-corrected chi connectivity index (χ0v) is 15.5. The van der Waals surface area contributed by atoms with Gasteiger partial charge >= 0.3 is 5.97 Å². The second-order valence-electron chi connectivity index (χ2n) is 5.62. The minimum absolute atomic E-state index is 0.0813. The highest BCUT2D eigenvalue weighted by atomic mass is 35.5. The number of hydrogen-bond acceptors (Lipinski definition) is 4. The van der Waals surface area contributed by atoms with Gasteiger partial charge in [0, 0.05) is 11.1 Å². The van der Waals surface area contributed by atoms with Gasteiger partial charge in [0.05, 0.1) is 25.7 Å². The maximum atomic E-state index is 13.0. The molecule has 0 aliphatic rings. The van der Waals surface area contributed by atoms with E-state index in [1.54, 1.807) is 19.1 Å². The summed E-state index contributed by atoms with van der Waals surface area (Å²) in [6.07, 6.45) is 0. The molecule has 0 spiro atoms. The number of carboxylic acid groups (broad SMARTS) is 1. The molecule has 1 aromatic carbocycles. The number of carboxylic acids is 1. The molecular formula is C17H13Cl2NO4S. The van der Waals surface area contributed by atoms with Crippen molar-refractivity contribution >= 4 is 57.3 Å². The van der Waals surface area contributed by atoms with Crippen LogP contribution in [0.25, 0.3) is 10.9 Å². The molecule has 2 heterocycles. The zero-order valence-electron chi connectivity index (χ0n) is 13.2. The Hall–Kier alpha value is -2.02. The molecule has 1 unspecified atom stereocenters. The molecule has 8 heteroatoms. The standard InChI is InChI=1S/C17H13Cl2NO4S/c1-7(17(23)24)15-8(2)20(16(22)13-3-4-14(19)25-13)11-6-10(18)12(21)5-9(11)15/h3-7,21H,1-2H3,(H,23,24). The fraction of sp³-hybridized carbons (Fsp3) is 0.176. The summed E-state index contributed by atoms with van der Waals surface area (Å²) in [7, 11) is 0. The Morgan fingerprint density at radius 2 is 1.92 bits per heavy atom. The van der Waals surface area contributed by atoms with Crippen molar-refractivity contribution in [3.8, 4) is 5.75 Å². The quantitative estimate of drug-likeness (QED) is 0.658. The number of aromatic hydroxyl groups is 1. The van der Waals surface area contributed by atoms with Crippen molar-refractivity contribution in [2.75, 3.05) is 0 Å². The average molecular weight is 398 g/mol. The number of aromatic nitrogens is 1. The van der Waals surface area contributed by atoms with Crippen LogP contribution in [-0.4, -0.2) is 26.7 Å². The summed E-state index contributed by atoms with van der Waals surface area (Å²) in [4.78, 5) is 24.9. The van der Waals surface area contributed by atoms with Crippen LogP contribution < -0.4 is 0 Å². The van der Waals surface area contributed by atoms with Crippen LogP contribution in [0.5, 0.6) is 5.75 Å². The molecule has 0 saturated carbocycles. The van der Waals surface area contributed by atoms with E-state index in [4.69, 9.17) is 23.2 Å².